The van der Waals surface area contributed by atoms with Gasteiger partial charge in [0.15, 0.2) is 0 Å². The number of rotatable bonds is 3. The van der Waals surface area contributed by atoms with Crippen molar-refractivity contribution in [2.24, 2.45) is 0 Å². The number of aromatic nitrogens is 1. The maximum Gasteiger partial charge on any atom is 0.416 e. The van der Waals surface area contributed by atoms with Crippen LogP contribution in [0.2, 0.25) is 0 Å². The van der Waals surface area contributed by atoms with Crippen LogP contribution in [0.1, 0.15) is 11.3 Å². The van der Waals surface area contributed by atoms with E-state index in [0.717, 1.165) is 17.5 Å². The van der Waals surface area contributed by atoms with Gasteiger partial charge in [0.25, 0.3) is 0 Å². The number of halogens is 4. The molecule has 2 nitrogen and oxygen atoms in total. The predicted octanol–water partition coefficient (Wildman–Crippen LogP) is 4.90. The number of hydrogen-bond acceptors (Lipinski definition) is 1. The molecule has 1 N–H and O–H groups in total. The Hall–Kier alpha value is -2.50. The van der Waals surface area contributed by atoms with Gasteiger partial charge in [-0.25, -0.2) is 4.39 Å². The Labute approximate surface area is 123 Å². The van der Waals surface area contributed by atoms with Crippen LogP contribution in [0.15, 0.2) is 48.5 Å². The molecule has 3 aromatic rings. The topological polar surface area (TPSA) is 25.0 Å². The van der Waals surface area contributed by atoms with Crippen molar-refractivity contribution < 1.29 is 22.3 Å². The molecule has 22 heavy (non-hydrogen) atoms. The lowest BCUT2D eigenvalue weighted by Crippen LogP contribution is -2.05. The first-order valence-corrected chi connectivity index (χ1v) is 6.49. The number of alkyl halides is 3. The summed E-state index contributed by atoms with van der Waals surface area (Å²) < 4.78 is 56.3. The molecule has 0 aliphatic heterocycles. The number of ether oxygens (including phenoxy) is 1. The summed E-state index contributed by atoms with van der Waals surface area (Å²) in [5, 5.41) is 0.809. The van der Waals surface area contributed by atoms with Crippen molar-refractivity contribution in [1.29, 1.82) is 0 Å². The number of nitrogens with one attached hydrogen (secondary N) is 1. The number of H-pyrrole nitrogens is 1. The monoisotopic (exact) mass is 309 g/mol. The second kappa shape index (κ2) is 5.36. The zero-order valence-corrected chi connectivity index (χ0v) is 11.2. The highest BCUT2D eigenvalue weighted by atomic mass is 19.4. The van der Waals surface area contributed by atoms with Gasteiger partial charge in [-0.2, -0.15) is 13.2 Å². The predicted molar refractivity (Wildman–Crippen MR) is 74.0 cm³/mol. The van der Waals surface area contributed by atoms with E-state index in [1.807, 2.05) is 0 Å². The molecule has 2 aromatic carbocycles. The van der Waals surface area contributed by atoms with Crippen LogP contribution in [0.3, 0.4) is 0 Å². The molecule has 0 aliphatic carbocycles. The molecule has 1 aromatic heterocycles. The van der Waals surface area contributed by atoms with E-state index in [0.29, 0.717) is 11.2 Å². The van der Waals surface area contributed by atoms with E-state index < -0.39 is 11.7 Å². The van der Waals surface area contributed by atoms with Gasteiger partial charge in [0, 0.05) is 5.52 Å². The summed E-state index contributed by atoms with van der Waals surface area (Å²) in [5.41, 5.74) is 0.504. The van der Waals surface area contributed by atoms with Crippen LogP contribution in [0, 0.1) is 5.82 Å². The molecule has 0 aliphatic rings. The van der Waals surface area contributed by atoms with Crippen molar-refractivity contribution in [1.82, 2.24) is 4.98 Å². The van der Waals surface area contributed by atoms with Gasteiger partial charge in [0.2, 0.25) is 0 Å². The van der Waals surface area contributed by atoms with Gasteiger partial charge >= 0.3 is 6.18 Å². The van der Waals surface area contributed by atoms with Gasteiger partial charge in [0.1, 0.15) is 18.2 Å². The van der Waals surface area contributed by atoms with Gasteiger partial charge < -0.3 is 9.72 Å². The third-order valence-electron chi connectivity index (χ3n) is 3.20. The molecular formula is C16H11F4NO. The first-order chi connectivity index (χ1) is 10.4. The molecule has 6 heteroatoms. The minimum atomic E-state index is -4.40. The lowest BCUT2D eigenvalue weighted by Gasteiger charge is -2.09. The molecule has 0 atom stereocenters. The van der Waals surface area contributed by atoms with Crippen molar-refractivity contribution in [2.75, 3.05) is 0 Å². The van der Waals surface area contributed by atoms with Crippen molar-refractivity contribution in [3.63, 3.8) is 0 Å². The van der Waals surface area contributed by atoms with E-state index in [4.69, 9.17) is 4.74 Å². The SMILES string of the molecule is Fc1ccc2cc(COc3cccc(C(F)(F)F)c3)[nH]c2c1. The lowest BCUT2D eigenvalue weighted by atomic mass is 10.2. The lowest BCUT2D eigenvalue weighted by molar-refractivity contribution is -0.137. The van der Waals surface area contributed by atoms with Crippen LogP contribution in [0.4, 0.5) is 17.6 Å². The molecule has 0 amide bonds. The Kier molecular flexibility index (Phi) is 3.52. The highest BCUT2D eigenvalue weighted by Gasteiger charge is 2.30. The molecule has 0 fully saturated rings. The minimum absolute atomic E-state index is 0.0671. The second-order valence-corrected chi connectivity index (χ2v) is 4.84. The molecule has 0 spiro atoms. The average Bonchev–Trinajstić information content (AvgIpc) is 2.86. The Balaban J connectivity index is 1.76. The highest BCUT2D eigenvalue weighted by Crippen LogP contribution is 2.31. The summed E-state index contributed by atoms with van der Waals surface area (Å²) in [5.74, 6) is -0.237. The average molecular weight is 309 g/mol. The quantitative estimate of drug-likeness (QED) is 0.684. The maximum atomic E-state index is 13.1. The zero-order valence-electron chi connectivity index (χ0n) is 11.2. The maximum absolute atomic E-state index is 13.1. The van der Waals surface area contributed by atoms with E-state index in [9.17, 15) is 17.6 Å². The molecule has 3 rings (SSSR count). The summed E-state index contributed by atoms with van der Waals surface area (Å²) in [6.45, 7) is 0.0671. The second-order valence-electron chi connectivity index (χ2n) is 4.84. The van der Waals surface area contributed by atoms with Gasteiger partial charge in [-0.05, 0) is 47.9 Å². The first kappa shape index (κ1) is 14.4. The van der Waals surface area contributed by atoms with Crippen molar-refractivity contribution in [2.45, 2.75) is 12.8 Å². The third kappa shape index (κ3) is 3.05. The van der Waals surface area contributed by atoms with Crippen LogP contribution in [0.5, 0.6) is 5.75 Å². The molecule has 0 saturated carbocycles. The van der Waals surface area contributed by atoms with Gasteiger partial charge in [-0.15, -0.1) is 0 Å². The van der Waals surface area contributed by atoms with Gasteiger partial charge in [0.05, 0.1) is 11.3 Å². The van der Waals surface area contributed by atoms with E-state index >= 15 is 0 Å². The standard InChI is InChI=1S/C16H11F4NO/c17-12-5-4-10-6-13(21-15(10)8-12)9-22-14-3-1-2-11(7-14)16(18,19)20/h1-8,21H,9H2. The van der Waals surface area contributed by atoms with E-state index in [1.54, 1.807) is 12.1 Å². The molecule has 0 radical (unpaired) electrons. The fourth-order valence-electron chi connectivity index (χ4n) is 2.16. The van der Waals surface area contributed by atoms with E-state index in [2.05, 4.69) is 4.98 Å². The van der Waals surface area contributed by atoms with E-state index in [-0.39, 0.29) is 18.2 Å². The summed E-state index contributed by atoms with van der Waals surface area (Å²) in [4.78, 5) is 2.96. The number of fused-ring (bicyclic) bond motifs is 1. The third-order valence-corrected chi connectivity index (χ3v) is 3.20. The van der Waals surface area contributed by atoms with Gasteiger partial charge in [-0.1, -0.05) is 6.07 Å². The van der Waals surface area contributed by atoms with E-state index in [1.165, 1.54) is 24.3 Å². The Morgan fingerprint density at radius 1 is 1.00 bits per heavy atom. The molecule has 114 valence electrons. The molecular weight excluding hydrogens is 298 g/mol. The van der Waals surface area contributed by atoms with Crippen LogP contribution in [-0.2, 0) is 12.8 Å². The Morgan fingerprint density at radius 2 is 1.82 bits per heavy atom. The van der Waals surface area contributed by atoms with Crippen LogP contribution >= 0.6 is 0 Å². The smallest absolute Gasteiger partial charge is 0.416 e. The summed E-state index contributed by atoms with van der Waals surface area (Å²) in [6.07, 6.45) is -4.40. The zero-order chi connectivity index (χ0) is 15.7. The highest BCUT2D eigenvalue weighted by molar-refractivity contribution is 5.80. The molecule has 1 heterocycles. The normalized spacial score (nSPS) is 11.8. The fraction of sp³-hybridized carbons (Fsp3) is 0.125. The summed E-state index contributed by atoms with van der Waals surface area (Å²) in [7, 11) is 0. The van der Waals surface area contributed by atoms with Crippen LogP contribution < -0.4 is 4.74 Å². The van der Waals surface area contributed by atoms with Crippen LogP contribution in [0.25, 0.3) is 10.9 Å². The van der Waals surface area contributed by atoms with Crippen LogP contribution in [-0.4, -0.2) is 4.98 Å². The number of hydrogen-bond donors (Lipinski definition) is 1. The largest absolute Gasteiger partial charge is 0.487 e. The molecule has 0 saturated heterocycles. The Bertz CT molecular complexity index is 807. The van der Waals surface area contributed by atoms with Crippen molar-refractivity contribution >= 4 is 10.9 Å². The van der Waals surface area contributed by atoms with Crippen molar-refractivity contribution in [3.05, 3.63) is 65.6 Å². The van der Waals surface area contributed by atoms with Gasteiger partial charge in [-0.3, -0.25) is 0 Å². The number of aromatic amines is 1. The number of benzene rings is 2. The van der Waals surface area contributed by atoms with Crippen molar-refractivity contribution in [3.8, 4) is 5.75 Å². The summed E-state index contributed by atoms with van der Waals surface area (Å²) >= 11 is 0. The Morgan fingerprint density at radius 3 is 2.59 bits per heavy atom. The fourth-order valence-corrected chi connectivity index (χ4v) is 2.16. The summed E-state index contributed by atoms with van der Waals surface area (Å²) in [6, 6.07) is 10.8. The molecule has 0 unspecified atom stereocenters. The minimum Gasteiger partial charge on any atom is -0.487 e. The first-order valence-electron chi connectivity index (χ1n) is 6.49. The molecule has 0 bridgehead atoms.